The normalized spacial score (nSPS) is 20.2. The second-order valence-corrected chi connectivity index (χ2v) is 5.26. The fourth-order valence-electron chi connectivity index (χ4n) is 2.45. The van der Waals surface area contributed by atoms with Crippen LogP contribution in [0.25, 0.3) is 0 Å². The van der Waals surface area contributed by atoms with Gasteiger partial charge in [-0.05, 0) is 24.7 Å². The van der Waals surface area contributed by atoms with Gasteiger partial charge in [0.2, 0.25) is 5.91 Å². The molecule has 0 saturated carbocycles. The molecule has 0 bridgehead atoms. The van der Waals surface area contributed by atoms with Gasteiger partial charge in [-0.3, -0.25) is 4.79 Å². The molecule has 0 aromatic rings. The van der Waals surface area contributed by atoms with Crippen molar-refractivity contribution in [3.8, 4) is 0 Å². The summed E-state index contributed by atoms with van der Waals surface area (Å²) in [4.78, 5) is 14.2. The second kappa shape index (κ2) is 6.24. The van der Waals surface area contributed by atoms with Crippen molar-refractivity contribution in [2.75, 3.05) is 19.6 Å². The van der Waals surface area contributed by atoms with Crippen LogP contribution in [0.2, 0.25) is 0 Å². The SMILES string of the molecule is CCC1CCN(C(=O)C(CN)C(C)C)CC1. The van der Waals surface area contributed by atoms with Gasteiger partial charge in [0, 0.05) is 19.6 Å². The Bertz CT molecular complexity index is 220. The van der Waals surface area contributed by atoms with E-state index in [1.165, 1.54) is 6.42 Å². The summed E-state index contributed by atoms with van der Waals surface area (Å²) in [6, 6.07) is 0. The van der Waals surface area contributed by atoms with E-state index in [1.807, 2.05) is 4.90 Å². The molecular formula is C13H26N2O. The molecule has 1 aliphatic heterocycles. The lowest BCUT2D eigenvalue weighted by atomic mass is 9.90. The topological polar surface area (TPSA) is 46.3 Å². The first-order chi connectivity index (χ1) is 7.60. The molecule has 1 fully saturated rings. The Labute approximate surface area is 99.4 Å². The number of rotatable bonds is 4. The average Bonchev–Trinajstić information content (AvgIpc) is 2.29. The van der Waals surface area contributed by atoms with Crippen molar-refractivity contribution in [1.29, 1.82) is 0 Å². The minimum atomic E-state index is 0.0122. The molecule has 0 aliphatic carbocycles. The third-order valence-electron chi connectivity index (χ3n) is 3.88. The van der Waals surface area contributed by atoms with Gasteiger partial charge in [-0.2, -0.15) is 0 Å². The molecule has 3 nitrogen and oxygen atoms in total. The maximum Gasteiger partial charge on any atom is 0.227 e. The van der Waals surface area contributed by atoms with Gasteiger partial charge < -0.3 is 10.6 Å². The molecule has 3 heteroatoms. The van der Waals surface area contributed by atoms with Gasteiger partial charge in [0.1, 0.15) is 0 Å². The van der Waals surface area contributed by atoms with Gasteiger partial charge in [0.05, 0.1) is 5.92 Å². The number of carbonyl (C=O) groups excluding carboxylic acids is 1. The number of amides is 1. The zero-order valence-corrected chi connectivity index (χ0v) is 10.9. The summed E-state index contributed by atoms with van der Waals surface area (Å²) in [6.45, 7) is 8.73. The summed E-state index contributed by atoms with van der Waals surface area (Å²) in [5.74, 6) is 1.45. The van der Waals surface area contributed by atoms with Crippen LogP contribution in [-0.4, -0.2) is 30.4 Å². The summed E-state index contributed by atoms with van der Waals surface area (Å²) in [7, 11) is 0. The highest BCUT2D eigenvalue weighted by molar-refractivity contribution is 5.79. The Hall–Kier alpha value is -0.570. The molecule has 1 saturated heterocycles. The monoisotopic (exact) mass is 226 g/mol. The van der Waals surface area contributed by atoms with E-state index < -0.39 is 0 Å². The zero-order chi connectivity index (χ0) is 12.1. The van der Waals surface area contributed by atoms with Crippen LogP contribution in [-0.2, 0) is 4.79 Å². The van der Waals surface area contributed by atoms with E-state index in [9.17, 15) is 4.79 Å². The first kappa shape index (κ1) is 13.5. The second-order valence-electron chi connectivity index (χ2n) is 5.26. The molecule has 0 spiro atoms. The Morgan fingerprint density at radius 1 is 1.38 bits per heavy atom. The van der Waals surface area contributed by atoms with E-state index in [0.29, 0.717) is 12.5 Å². The fourth-order valence-corrected chi connectivity index (χ4v) is 2.45. The van der Waals surface area contributed by atoms with Crippen LogP contribution in [0.5, 0.6) is 0 Å². The Morgan fingerprint density at radius 2 is 1.94 bits per heavy atom. The van der Waals surface area contributed by atoms with E-state index in [-0.39, 0.29) is 11.8 Å². The lowest BCUT2D eigenvalue weighted by Crippen LogP contribution is -2.45. The first-order valence-corrected chi connectivity index (χ1v) is 6.59. The average molecular weight is 226 g/mol. The lowest BCUT2D eigenvalue weighted by Gasteiger charge is -2.34. The van der Waals surface area contributed by atoms with Crippen molar-refractivity contribution in [3.63, 3.8) is 0 Å². The van der Waals surface area contributed by atoms with Crippen molar-refractivity contribution in [2.45, 2.75) is 40.0 Å². The zero-order valence-electron chi connectivity index (χ0n) is 10.9. The van der Waals surface area contributed by atoms with Gasteiger partial charge in [-0.1, -0.05) is 27.2 Å². The highest BCUT2D eigenvalue weighted by Crippen LogP contribution is 2.22. The minimum Gasteiger partial charge on any atom is -0.342 e. The first-order valence-electron chi connectivity index (χ1n) is 6.59. The number of piperidine rings is 1. The summed E-state index contributed by atoms with van der Waals surface area (Å²) in [5.41, 5.74) is 5.69. The van der Waals surface area contributed by atoms with E-state index in [4.69, 9.17) is 5.73 Å². The molecule has 94 valence electrons. The van der Waals surface area contributed by atoms with E-state index in [1.54, 1.807) is 0 Å². The van der Waals surface area contributed by atoms with E-state index in [2.05, 4.69) is 20.8 Å². The molecule has 1 heterocycles. The van der Waals surface area contributed by atoms with Crippen LogP contribution in [0.3, 0.4) is 0 Å². The summed E-state index contributed by atoms with van der Waals surface area (Å²) >= 11 is 0. The maximum atomic E-state index is 12.2. The molecule has 0 radical (unpaired) electrons. The highest BCUT2D eigenvalue weighted by atomic mass is 16.2. The largest absolute Gasteiger partial charge is 0.342 e. The smallest absolute Gasteiger partial charge is 0.227 e. The van der Waals surface area contributed by atoms with Crippen LogP contribution in [0, 0.1) is 17.8 Å². The number of nitrogens with two attached hydrogens (primary N) is 1. The van der Waals surface area contributed by atoms with Crippen LogP contribution in [0.1, 0.15) is 40.0 Å². The van der Waals surface area contributed by atoms with Gasteiger partial charge in [0.25, 0.3) is 0 Å². The van der Waals surface area contributed by atoms with Crippen LogP contribution >= 0.6 is 0 Å². The Morgan fingerprint density at radius 3 is 2.31 bits per heavy atom. The third kappa shape index (κ3) is 3.21. The van der Waals surface area contributed by atoms with Gasteiger partial charge >= 0.3 is 0 Å². The highest BCUT2D eigenvalue weighted by Gasteiger charge is 2.28. The molecule has 16 heavy (non-hydrogen) atoms. The van der Waals surface area contributed by atoms with Crippen LogP contribution in [0.15, 0.2) is 0 Å². The van der Waals surface area contributed by atoms with Gasteiger partial charge in [0.15, 0.2) is 0 Å². The molecule has 1 atom stereocenters. The third-order valence-corrected chi connectivity index (χ3v) is 3.88. The van der Waals surface area contributed by atoms with Crippen LogP contribution < -0.4 is 5.73 Å². The molecule has 1 unspecified atom stereocenters. The number of hydrogen-bond acceptors (Lipinski definition) is 2. The molecule has 0 aromatic heterocycles. The van der Waals surface area contributed by atoms with Gasteiger partial charge in [-0.25, -0.2) is 0 Å². The molecular weight excluding hydrogens is 200 g/mol. The van der Waals surface area contributed by atoms with E-state index >= 15 is 0 Å². The fraction of sp³-hybridized carbons (Fsp3) is 0.923. The molecule has 2 N–H and O–H groups in total. The number of likely N-dealkylation sites (tertiary alicyclic amines) is 1. The quantitative estimate of drug-likeness (QED) is 0.795. The predicted molar refractivity (Wildman–Crippen MR) is 67.0 cm³/mol. The van der Waals surface area contributed by atoms with Crippen molar-refractivity contribution in [1.82, 2.24) is 4.90 Å². The standard InChI is InChI=1S/C13H26N2O/c1-4-11-5-7-15(8-6-11)13(16)12(9-14)10(2)3/h10-12H,4-9,14H2,1-3H3. The number of nitrogens with zero attached hydrogens (tertiary/aromatic N) is 1. The molecule has 1 rings (SSSR count). The minimum absolute atomic E-state index is 0.0122. The summed E-state index contributed by atoms with van der Waals surface area (Å²) < 4.78 is 0. The van der Waals surface area contributed by atoms with E-state index in [0.717, 1.165) is 31.8 Å². The summed E-state index contributed by atoms with van der Waals surface area (Å²) in [5, 5.41) is 0. The van der Waals surface area contributed by atoms with Crippen molar-refractivity contribution >= 4 is 5.91 Å². The maximum absolute atomic E-state index is 12.2. The number of hydrogen-bond donors (Lipinski definition) is 1. The van der Waals surface area contributed by atoms with Crippen molar-refractivity contribution in [2.24, 2.45) is 23.5 Å². The summed E-state index contributed by atoms with van der Waals surface area (Å²) in [6.07, 6.45) is 3.57. The Balaban J connectivity index is 2.49. The van der Waals surface area contributed by atoms with Crippen molar-refractivity contribution in [3.05, 3.63) is 0 Å². The molecule has 0 aromatic carbocycles. The number of carbonyl (C=O) groups is 1. The molecule has 1 amide bonds. The van der Waals surface area contributed by atoms with Crippen molar-refractivity contribution < 1.29 is 4.79 Å². The predicted octanol–water partition coefficient (Wildman–Crippen LogP) is 1.87. The lowest BCUT2D eigenvalue weighted by molar-refractivity contribution is -0.138. The van der Waals surface area contributed by atoms with Gasteiger partial charge in [-0.15, -0.1) is 0 Å². The Kier molecular flexibility index (Phi) is 5.26. The molecule has 1 aliphatic rings. The van der Waals surface area contributed by atoms with Crippen LogP contribution in [0.4, 0.5) is 0 Å².